The monoisotopic (exact) mass is 274 g/mol. The molecule has 0 bridgehead atoms. The molecule has 0 aliphatic rings. The van der Waals surface area contributed by atoms with Gasteiger partial charge in [-0.25, -0.2) is 4.79 Å². The molecule has 17 heavy (non-hydrogen) atoms. The second-order valence-corrected chi connectivity index (χ2v) is 3.51. The summed E-state index contributed by atoms with van der Waals surface area (Å²) in [6.07, 6.45) is -0.608. The van der Waals surface area contributed by atoms with Gasteiger partial charge in [0.1, 0.15) is 5.75 Å². The maximum absolute atomic E-state index is 11.5. The number of hydrogen-bond acceptors (Lipinski definition) is 6. The third-order valence-corrected chi connectivity index (χ3v) is 2.54. The number of thiol groups is 2. The molecular weight excluding hydrogens is 264 g/mol. The fourth-order valence-electron chi connectivity index (χ4n) is 0.961. The lowest BCUT2D eigenvalue weighted by atomic mass is 10.3. The molecule has 0 aromatic heterocycles. The third kappa shape index (κ3) is 3.82. The summed E-state index contributed by atoms with van der Waals surface area (Å²) < 4.78 is 4.96. The van der Waals surface area contributed by atoms with E-state index in [1.54, 1.807) is 0 Å². The molecule has 0 fully saturated rings. The zero-order valence-electron chi connectivity index (χ0n) is 8.65. The van der Waals surface area contributed by atoms with Crippen LogP contribution in [0.3, 0.4) is 0 Å². The van der Waals surface area contributed by atoms with E-state index in [1.165, 1.54) is 29.2 Å². The summed E-state index contributed by atoms with van der Waals surface area (Å²) in [5.74, 6) is 0.583. The van der Waals surface area contributed by atoms with Crippen molar-refractivity contribution in [2.24, 2.45) is 0 Å². The van der Waals surface area contributed by atoms with Crippen molar-refractivity contribution in [3.05, 3.63) is 34.4 Å². The lowest BCUT2D eigenvalue weighted by Gasteiger charge is -2.16. The van der Waals surface area contributed by atoms with Crippen LogP contribution < -0.4 is 4.74 Å². The molecule has 6 nitrogen and oxygen atoms in total. The zero-order valence-corrected chi connectivity index (χ0v) is 10.4. The highest BCUT2D eigenvalue weighted by Gasteiger charge is 2.13. The van der Waals surface area contributed by atoms with E-state index >= 15 is 0 Å². The minimum atomic E-state index is -0.608. The highest BCUT2D eigenvalue weighted by Crippen LogP contribution is 2.18. The Bertz CT molecular complexity index is 406. The van der Waals surface area contributed by atoms with Gasteiger partial charge in [0.25, 0.3) is 5.69 Å². The first kappa shape index (κ1) is 13.7. The number of nitro benzene ring substituents is 1. The standard InChI is InChI=1S/C9H10N2O4S2/c12-9(10(5-16)6-17)15-8-3-1-7(2-4-8)11(13)14/h1-4,16-17H,5-6H2. The van der Waals surface area contributed by atoms with Crippen molar-refractivity contribution in [2.45, 2.75) is 0 Å². The summed E-state index contributed by atoms with van der Waals surface area (Å²) >= 11 is 7.86. The van der Waals surface area contributed by atoms with Crippen LogP contribution in [0.4, 0.5) is 10.5 Å². The Morgan fingerprint density at radius 2 is 1.82 bits per heavy atom. The van der Waals surface area contributed by atoms with Crippen molar-refractivity contribution in [1.82, 2.24) is 4.90 Å². The number of nitro groups is 1. The van der Waals surface area contributed by atoms with Crippen LogP contribution in [0.25, 0.3) is 0 Å². The lowest BCUT2D eigenvalue weighted by Crippen LogP contribution is -2.31. The van der Waals surface area contributed by atoms with Crippen molar-refractivity contribution in [1.29, 1.82) is 0 Å². The molecule has 92 valence electrons. The summed E-state index contributed by atoms with van der Waals surface area (Å²) in [5, 5.41) is 10.4. The van der Waals surface area contributed by atoms with Gasteiger partial charge in [-0.1, -0.05) is 0 Å². The van der Waals surface area contributed by atoms with Crippen molar-refractivity contribution in [3.8, 4) is 5.75 Å². The summed E-state index contributed by atoms with van der Waals surface area (Å²) in [6, 6.07) is 5.22. The third-order valence-electron chi connectivity index (χ3n) is 1.85. The van der Waals surface area contributed by atoms with Crippen LogP contribution in [0, 0.1) is 10.1 Å². The molecule has 0 saturated carbocycles. The Hall–Kier alpha value is -1.41. The molecule has 1 rings (SSSR count). The summed E-state index contributed by atoms with van der Waals surface area (Å²) in [4.78, 5) is 22.6. The Morgan fingerprint density at radius 1 is 1.29 bits per heavy atom. The van der Waals surface area contributed by atoms with Gasteiger partial charge in [-0.05, 0) is 12.1 Å². The summed E-state index contributed by atoms with van der Waals surface area (Å²) in [6.45, 7) is 0. The lowest BCUT2D eigenvalue weighted by molar-refractivity contribution is -0.384. The molecule has 0 unspecified atom stereocenters. The minimum Gasteiger partial charge on any atom is -0.410 e. The quantitative estimate of drug-likeness (QED) is 0.382. The molecule has 0 N–H and O–H groups in total. The number of hydrogen-bond donors (Lipinski definition) is 2. The van der Waals surface area contributed by atoms with Crippen LogP contribution in [-0.4, -0.2) is 27.7 Å². The highest BCUT2D eigenvalue weighted by molar-refractivity contribution is 7.81. The van der Waals surface area contributed by atoms with E-state index < -0.39 is 11.0 Å². The van der Waals surface area contributed by atoms with Gasteiger partial charge in [-0.3, -0.25) is 15.0 Å². The van der Waals surface area contributed by atoms with E-state index in [4.69, 9.17) is 4.74 Å². The van der Waals surface area contributed by atoms with E-state index in [1.807, 2.05) is 0 Å². The van der Waals surface area contributed by atoms with Gasteiger partial charge in [-0.2, -0.15) is 25.3 Å². The largest absolute Gasteiger partial charge is 0.416 e. The van der Waals surface area contributed by atoms with Gasteiger partial charge in [0.05, 0.1) is 16.7 Å². The first-order valence-electron chi connectivity index (χ1n) is 4.51. The van der Waals surface area contributed by atoms with Crippen LogP contribution >= 0.6 is 25.3 Å². The summed E-state index contributed by atoms with van der Waals surface area (Å²) in [7, 11) is 0. The fraction of sp³-hybridized carbons (Fsp3) is 0.222. The molecule has 1 aromatic rings. The summed E-state index contributed by atoms with van der Waals surface area (Å²) in [5.41, 5.74) is -0.0648. The Kier molecular flexibility index (Phi) is 5.11. The Morgan fingerprint density at radius 3 is 2.24 bits per heavy atom. The average Bonchev–Trinajstić information content (AvgIpc) is 2.31. The van der Waals surface area contributed by atoms with Gasteiger partial charge >= 0.3 is 6.09 Å². The van der Waals surface area contributed by atoms with Crippen LogP contribution in [0.5, 0.6) is 5.75 Å². The number of amides is 1. The molecule has 1 aromatic carbocycles. The van der Waals surface area contributed by atoms with Gasteiger partial charge < -0.3 is 4.74 Å². The number of ether oxygens (including phenoxy) is 1. The number of carbonyl (C=O) groups excluding carboxylic acids is 1. The topological polar surface area (TPSA) is 72.7 Å². The highest BCUT2D eigenvalue weighted by atomic mass is 32.1. The smallest absolute Gasteiger partial charge is 0.410 e. The van der Waals surface area contributed by atoms with E-state index in [9.17, 15) is 14.9 Å². The molecule has 0 radical (unpaired) electrons. The Labute approximate surface area is 109 Å². The molecule has 0 spiro atoms. The fourth-order valence-corrected chi connectivity index (χ4v) is 1.55. The Balaban J connectivity index is 2.69. The van der Waals surface area contributed by atoms with E-state index in [0.717, 1.165) is 0 Å². The van der Waals surface area contributed by atoms with Crippen LogP contribution in [0.2, 0.25) is 0 Å². The zero-order chi connectivity index (χ0) is 12.8. The van der Waals surface area contributed by atoms with Crippen molar-refractivity contribution in [2.75, 3.05) is 11.8 Å². The number of benzene rings is 1. The van der Waals surface area contributed by atoms with Gasteiger partial charge in [0.2, 0.25) is 0 Å². The van der Waals surface area contributed by atoms with Crippen molar-refractivity contribution >= 4 is 37.0 Å². The molecule has 8 heteroatoms. The van der Waals surface area contributed by atoms with Crippen molar-refractivity contribution in [3.63, 3.8) is 0 Å². The predicted molar refractivity (Wildman–Crippen MR) is 68.7 cm³/mol. The van der Waals surface area contributed by atoms with Gasteiger partial charge in [0, 0.05) is 12.1 Å². The van der Waals surface area contributed by atoms with E-state index in [0.29, 0.717) is 0 Å². The second kappa shape index (κ2) is 6.36. The molecular formula is C9H10N2O4S2. The normalized spacial score (nSPS) is 9.76. The first-order chi connectivity index (χ1) is 8.08. The van der Waals surface area contributed by atoms with Gasteiger partial charge in [0.15, 0.2) is 0 Å². The molecule has 0 aliphatic heterocycles. The molecule has 0 atom stereocenters. The van der Waals surface area contributed by atoms with Crippen LogP contribution in [0.15, 0.2) is 24.3 Å². The number of rotatable bonds is 4. The maximum Gasteiger partial charge on any atom is 0.416 e. The van der Waals surface area contributed by atoms with Crippen LogP contribution in [-0.2, 0) is 0 Å². The number of non-ortho nitro benzene ring substituents is 1. The van der Waals surface area contributed by atoms with E-state index in [2.05, 4.69) is 25.3 Å². The molecule has 1 amide bonds. The first-order valence-corrected chi connectivity index (χ1v) is 5.78. The van der Waals surface area contributed by atoms with Crippen molar-refractivity contribution < 1.29 is 14.5 Å². The van der Waals surface area contributed by atoms with Crippen LogP contribution in [0.1, 0.15) is 0 Å². The minimum absolute atomic E-state index is 0.0648. The average molecular weight is 274 g/mol. The number of carbonyl (C=O) groups is 1. The molecule has 0 saturated heterocycles. The maximum atomic E-state index is 11.5. The van der Waals surface area contributed by atoms with Gasteiger partial charge in [-0.15, -0.1) is 0 Å². The SMILES string of the molecule is O=C(Oc1ccc([N+](=O)[O-])cc1)N(CS)CS. The van der Waals surface area contributed by atoms with E-state index in [-0.39, 0.29) is 23.2 Å². The second-order valence-electron chi connectivity index (χ2n) is 2.94. The molecule has 0 aliphatic carbocycles. The number of nitrogens with zero attached hydrogens (tertiary/aromatic N) is 2. The predicted octanol–water partition coefficient (Wildman–Crippen LogP) is 2.17. The molecule has 0 heterocycles.